The Morgan fingerprint density at radius 3 is 2.90 bits per heavy atom. The summed E-state index contributed by atoms with van der Waals surface area (Å²) >= 11 is 7.64. The molecule has 2 aliphatic heterocycles. The summed E-state index contributed by atoms with van der Waals surface area (Å²) in [6, 6.07) is 7.65. The van der Waals surface area contributed by atoms with Gasteiger partial charge in [-0.05, 0) is 50.8 Å². The van der Waals surface area contributed by atoms with Crippen LogP contribution >= 0.6 is 23.4 Å². The number of rotatable bonds is 7. The molecule has 4 rings (SSSR count). The summed E-state index contributed by atoms with van der Waals surface area (Å²) in [4.78, 5) is 14.8. The van der Waals surface area contributed by atoms with E-state index in [-0.39, 0.29) is 17.3 Å². The number of amides is 1. The highest BCUT2D eigenvalue weighted by atomic mass is 35.5. The maximum Gasteiger partial charge on any atom is 0.233 e. The van der Waals surface area contributed by atoms with Crippen molar-refractivity contribution < 1.29 is 9.53 Å². The number of carbonyl (C=O) groups is 1. The molecule has 0 bridgehead atoms. The molecule has 9 heteroatoms. The van der Waals surface area contributed by atoms with E-state index in [1.165, 1.54) is 11.8 Å². The standard InChI is InChI=1S/C20H26ClN5O2S/c1-14(18(27)22-13-17-8-5-11-28-17)29-20-24-23-19(25-9-2-3-10-25)26(20)16-7-4-6-15(21)12-16/h4,6-7,12,14,17H,2-3,5,8-11,13H2,1H3,(H,22,27)/t14-,17+/m0/s1. The van der Waals surface area contributed by atoms with Gasteiger partial charge in [-0.2, -0.15) is 0 Å². The summed E-state index contributed by atoms with van der Waals surface area (Å²) in [5.41, 5.74) is 0.902. The van der Waals surface area contributed by atoms with Crippen LogP contribution < -0.4 is 10.2 Å². The lowest BCUT2D eigenvalue weighted by atomic mass is 10.2. The predicted molar refractivity (Wildman–Crippen MR) is 115 cm³/mol. The molecule has 2 saturated heterocycles. The molecular weight excluding hydrogens is 410 g/mol. The topological polar surface area (TPSA) is 72.3 Å². The monoisotopic (exact) mass is 435 g/mol. The maximum absolute atomic E-state index is 12.6. The van der Waals surface area contributed by atoms with Crippen LogP contribution in [0, 0.1) is 0 Å². The van der Waals surface area contributed by atoms with Gasteiger partial charge in [-0.1, -0.05) is 29.4 Å². The molecule has 1 aromatic heterocycles. The number of carbonyl (C=O) groups excluding carboxylic acids is 1. The van der Waals surface area contributed by atoms with E-state index in [1.807, 2.05) is 35.8 Å². The molecule has 0 radical (unpaired) electrons. The van der Waals surface area contributed by atoms with Crippen molar-refractivity contribution in [2.24, 2.45) is 0 Å². The van der Waals surface area contributed by atoms with Crippen molar-refractivity contribution in [2.75, 3.05) is 31.1 Å². The first kappa shape index (κ1) is 20.5. The Bertz CT molecular complexity index is 849. The van der Waals surface area contributed by atoms with E-state index < -0.39 is 0 Å². The van der Waals surface area contributed by atoms with Crippen LogP contribution in [0.15, 0.2) is 29.4 Å². The van der Waals surface area contributed by atoms with Gasteiger partial charge in [-0.25, -0.2) is 0 Å². The third-order valence-electron chi connectivity index (χ3n) is 5.25. The van der Waals surface area contributed by atoms with Crippen molar-refractivity contribution in [3.05, 3.63) is 29.3 Å². The van der Waals surface area contributed by atoms with Gasteiger partial charge in [-0.15, -0.1) is 10.2 Å². The van der Waals surface area contributed by atoms with Gasteiger partial charge in [0.15, 0.2) is 5.16 Å². The van der Waals surface area contributed by atoms with Crippen LogP contribution in [0.5, 0.6) is 0 Å². The average Bonchev–Trinajstić information content (AvgIpc) is 3.47. The van der Waals surface area contributed by atoms with Gasteiger partial charge >= 0.3 is 0 Å². The molecule has 0 unspecified atom stereocenters. The molecule has 2 fully saturated rings. The van der Waals surface area contributed by atoms with E-state index in [9.17, 15) is 4.79 Å². The number of halogens is 1. The molecule has 1 N–H and O–H groups in total. The molecular formula is C20H26ClN5O2S. The Labute approximate surface area is 180 Å². The predicted octanol–water partition coefficient (Wildman–Crippen LogP) is 3.30. The van der Waals surface area contributed by atoms with E-state index in [4.69, 9.17) is 16.3 Å². The third-order valence-corrected chi connectivity index (χ3v) is 6.53. The van der Waals surface area contributed by atoms with Crippen LogP contribution in [0.1, 0.15) is 32.6 Å². The maximum atomic E-state index is 12.6. The van der Waals surface area contributed by atoms with Crippen molar-refractivity contribution >= 4 is 35.2 Å². The van der Waals surface area contributed by atoms with Crippen LogP contribution in [0.25, 0.3) is 5.69 Å². The fourth-order valence-electron chi connectivity index (χ4n) is 3.68. The zero-order chi connectivity index (χ0) is 20.2. The van der Waals surface area contributed by atoms with E-state index in [2.05, 4.69) is 20.4 Å². The number of aromatic nitrogens is 3. The minimum atomic E-state index is -0.301. The highest BCUT2D eigenvalue weighted by molar-refractivity contribution is 8.00. The van der Waals surface area contributed by atoms with Crippen LogP contribution in [0.4, 0.5) is 5.95 Å². The lowest BCUT2D eigenvalue weighted by Crippen LogP contribution is -2.36. The van der Waals surface area contributed by atoms with Crippen LogP contribution in [-0.2, 0) is 9.53 Å². The average molecular weight is 436 g/mol. The second-order valence-corrected chi connectivity index (χ2v) is 9.18. The van der Waals surface area contributed by atoms with Crippen molar-refractivity contribution in [3.63, 3.8) is 0 Å². The molecule has 0 aliphatic carbocycles. The van der Waals surface area contributed by atoms with Gasteiger partial charge in [0.2, 0.25) is 11.9 Å². The van der Waals surface area contributed by atoms with E-state index in [1.54, 1.807) is 0 Å². The van der Waals surface area contributed by atoms with Gasteiger partial charge in [-0.3, -0.25) is 9.36 Å². The molecule has 1 amide bonds. The molecule has 1 aromatic carbocycles. The number of hydrogen-bond acceptors (Lipinski definition) is 6. The van der Waals surface area contributed by atoms with Crippen molar-refractivity contribution in [2.45, 2.75) is 49.1 Å². The Kier molecular flexibility index (Phi) is 6.62. The first-order chi connectivity index (χ1) is 14.1. The van der Waals surface area contributed by atoms with Gasteiger partial charge in [0.1, 0.15) is 0 Å². The zero-order valence-electron chi connectivity index (χ0n) is 16.5. The van der Waals surface area contributed by atoms with E-state index in [0.29, 0.717) is 16.7 Å². The summed E-state index contributed by atoms with van der Waals surface area (Å²) in [7, 11) is 0. The smallest absolute Gasteiger partial charge is 0.233 e. The van der Waals surface area contributed by atoms with Gasteiger partial charge < -0.3 is 15.0 Å². The minimum Gasteiger partial charge on any atom is -0.376 e. The largest absolute Gasteiger partial charge is 0.376 e. The number of hydrogen-bond donors (Lipinski definition) is 1. The second kappa shape index (κ2) is 9.36. The van der Waals surface area contributed by atoms with Crippen molar-refractivity contribution in [1.82, 2.24) is 20.1 Å². The lowest BCUT2D eigenvalue weighted by Gasteiger charge is -2.19. The van der Waals surface area contributed by atoms with Gasteiger partial charge in [0, 0.05) is 31.3 Å². The van der Waals surface area contributed by atoms with Crippen LogP contribution in [0.3, 0.4) is 0 Å². The number of nitrogens with zero attached hydrogens (tertiary/aromatic N) is 4. The first-order valence-electron chi connectivity index (χ1n) is 10.1. The fraction of sp³-hybridized carbons (Fsp3) is 0.550. The molecule has 3 heterocycles. The van der Waals surface area contributed by atoms with Crippen LogP contribution in [-0.4, -0.2) is 58.3 Å². The van der Waals surface area contributed by atoms with Gasteiger partial charge in [0.05, 0.1) is 17.0 Å². The number of ether oxygens (including phenoxy) is 1. The Morgan fingerprint density at radius 1 is 1.34 bits per heavy atom. The minimum absolute atomic E-state index is 0.0196. The molecule has 0 saturated carbocycles. The highest BCUT2D eigenvalue weighted by Gasteiger charge is 2.26. The third kappa shape index (κ3) is 4.87. The summed E-state index contributed by atoms with van der Waals surface area (Å²) in [6.45, 7) is 5.15. The molecule has 2 aliphatic rings. The summed E-state index contributed by atoms with van der Waals surface area (Å²) in [5, 5.41) is 12.9. The lowest BCUT2D eigenvalue weighted by molar-refractivity contribution is -0.120. The van der Waals surface area contributed by atoms with E-state index in [0.717, 1.165) is 57.0 Å². The molecule has 2 aromatic rings. The zero-order valence-corrected chi connectivity index (χ0v) is 18.1. The Morgan fingerprint density at radius 2 is 2.17 bits per heavy atom. The normalized spacial score (nSPS) is 20.2. The highest BCUT2D eigenvalue weighted by Crippen LogP contribution is 2.31. The first-order valence-corrected chi connectivity index (χ1v) is 11.4. The van der Waals surface area contributed by atoms with Gasteiger partial charge in [0.25, 0.3) is 0 Å². The Hall–Kier alpha value is -1.77. The summed E-state index contributed by atoms with van der Waals surface area (Å²) < 4.78 is 7.59. The summed E-state index contributed by atoms with van der Waals surface area (Å²) in [6.07, 6.45) is 4.49. The summed E-state index contributed by atoms with van der Waals surface area (Å²) in [5.74, 6) is 0.785. The molecule has 2 atom stereocenters. The second-order valence-electron chi connectivity index (χ2n) is 7.43. The van der Waals surface area contributed by atoms with Crippen molar-refractivity contribution in [3.8, 4) is 5.69 Å². The number of nitrogens with one attached hydrogen (secondary N) is 1. The SMILES string of the molecule is C[C@H](Sc1nnc(N2CCCC2)n1-c1cccc(Cl)c1)C(=O)NC[C@H]1CCCO1. The number of thioether (sulfide) groups is 1. The van der Waals surface area contributed by atoms with E-state index >= 15 is 0 Å². The van der Waals surface area contributed by atoms with Crippen molar-refractivity contribution in [1.29, 1.82) is 0 Å². The molecule has 29 heavy (non-hydrogen) atoms. The quantitative estimate of drug-likeness (QED) is 0.673. The molecule has 7 nitrogen and oxygen atoms in total. The van der Waals surface area contributed by atoms with Crippen LogP contribution in [0.2, 0.25) is 5.02 Å². The molecule has 156 valence electrons. The Balaban J connectivity index is 1.52. The number of benzene rings is 1. The number of anilines is 1. The molecule has 0 spiro atoms. The fourth-order valence-corrected chi connectivity index (χ4v) is 4.75.